The van der Waals surface area contributed by atoms with E-state index in [0.717, 1.165) is 6.42 Å². The molecule has 0 radical (unpaired) electrons. The number of benzene rings is 3. The van der Waals surface area contributed by atoms with Crippen LogP contribution in [-0.4, -0.2) is 41.1 Å². The highest BCUT2D eigenvalue weighted by atomic mass is 32.1. The Kier molecular flexibility index (Phi) is 8.91. The van der Waals surface area contributed by atoms with Crippen molar-refractivity contribution in [2.45, 2.75) is 39.3 Å². The van der Waals surface area contributed by atoms with Crippen molar-refractivity contribution < 1.29 is 23.5 Å². The fraction of sp³-hybridized carbons (Fsp3) is 0.276. The molecule has 0 aliphatic carbocycles. The standard InChI is InChI=1S/C29H30FN3O4S/c1-3-17-37-24-13-9-21(10-14-24)31-27(34)18-26-28(35)33(22-11-15-23(16-12-22)36-4-2)29(38)32(26)19-20-7-5-6-8-25(20)30/h5-16,26H,3-4,17-19H2,1-2H3,(H,31,34)/t26-/m1/s1. The lowest BCUT2D eigenvalue weighted by molar-refractivity contribution is -0.124. The molecule has 3 aromatic rings. The fourth-order valence-electron chi connectivity index (χ4n) is 4.16. The topological polar surface area (TPSA) is 71.1 Å². The zero-order valence-electron chi connectivity index (χ0n) is 21.4. The summed E-state index contributed by atoms with van der Waals surface area (Å²) in [4.78, 5) is 29.6. The van der Waals surface area contributed by atoms with Gasteiger partial charge < -0.3 is 19.7 Å². The molecule has 198 valence electrons. The summed E-state index contributed by atoms with van der Waals surface area (Å²) in [6, 6.07) is 19.4. The summed E-state index contributed by atoms with van der Waals surface area (Å²) >= 11 is 5.69. The van der Waals surface area contributed by atoms with Crippen molar-refractivity contribution in [3.05, 3.63) is 84.2 Å². The van der Waals surface area contributed by atoms with Gasteiger partial charge in [0, 0.05) is 17.8 Å². The number of rotatable bonds is 11. The van der Waals surface area contributed by atoms with Crippen LogP contribution in [0.1, 0.15) is 32.3 Å². The molecule has 1 aliphatic rings. The van der Waals surface area contributed by atoms with Crippen LogP contribution < -0.4 is 19.7 Å². The normalized spacial score (nSPS) is 15.1. The summed E-state index contributed by atoms with van der Waals surface area (Å²) < 4.78 is 25.6. The van der Waals surface area contributed by atoms with Crippen molar-refractivity contribution in [2.24, 2.45) is 0 Å². The summed E-state index contributed by atoms with van der Waals surface area (Å²) in [6.45, 7) is 5.09. The van der Waals surface area contributed by atoms with E-state index in [1.807, 2.05) is 13.8 Å². The number of ether oxygens (including phenoxy) is 2. The van der Waals surface area contributed by atoms with Crippen LogP contribution in [0.15, 0.2) is 72.8 Å². The summed E-state index contributed by atoms with van der Waals surface area (Å²) in [5.74, 6) is 0.257. The third-order valence-electron chi connectivity index (χ3n) is 6.01. The first-order valence-corrected chi connectivity index (χ1v) is 13.0. The monoisotopic (exact) mass is 535 g/mol. The molecular formula is C29H30FN3O4S. The van der Waals surface area contributed by atoms with E-state index in [1.165, 1.54) is 11.0 Å². The van der Waals surface area contributed by atoms with Crippen LogP contribution in [0.25, 0.3) is 0 Å². The van der Waals surface area contributed by atoms with E-state index in [2.05, 4.69) is 5.32 Å². The number of amides is 2. The number of thiocarbonyl (C=S) groups is 1. The Hall–Kier alpha value is -3.98. The fourth-order valence-corrected chi connectivity index (χ4v) is 4.55. The molecule has 1 N–H and O–H groups in total. The minimum absolute atomic E-state index is 0.0478. The van der Waals surface area contributed by atoms with Gasteiger partial charge in [-0.25, -0.2) is 4.39 Å². The lowest BCUT2D eigenvalue weighted by Crippen LogP contribution is -2.37. The van der Waals surface area contributed by atoms with Gasteiger partial charge >= 0.3 is 0 Å². The third kappa shape index (κ3) is 6.28. The maximum absolute atomic E-state index is 14.5. The van der Waals surface area contributed by atoms with Crippen molar-refractivity contribution in [3.63, 3.8) is 0 Å². The molecule has 38 heavy (non-hydrogen) atoms. The van der Waals surface area contributed by atoms with E-state index in [1.54, 1.807) is 71.6 Å². The summed E-state index contributed by atoms with van der Waals surface area (Å²) in [7, 11) is 0. The zero-order chi connectivity index (χ0) is 27.1. The van der Waals surface area contributed by atoms with Gasteiger partial charge in [0.2, 0.25) is 5.91 Å². The summed E-state index contributed by atoms with van der Waals surface area (Å²) in [5.41, 5.74) is 1.51. The summed E-state index contributed by atoms with van der Waals surface area (Å²) in [6.07, 6.45) is 0.738. The molecule has 0 bridgehead atoms. The maximum Gasteiger partial charge on any atom is 0.256 e. The van der Waals surface area contributed by atoms with Crippen LogP contribution >= 0.6 is 12.2 Å². The number of carbonyl (C=O) groups is 2. The Morgan fingerprint density at radius 1 is 0.974 bits per heavy atom. The van der Waals surface area contributed by atoms with Crippen LogP contribution in [0.5, 0.6) is 11.5 Å². The Morgan fingerprint density at radius 2 is 1.63 bits per heavy atom. The average Bonchev–Trinajstić information content (AvgIpc) is 3.14. The van der Waals surface area contributed by atoms with Crippen molar-refractivity contribution >= 4 is 40.5 Å². The Morgan fingerprint density at radius 3 is 2.29 bits per heavy atom. The molecular weight excluding hydrogens is 505 g/mol. The van der Waals surface area contributed by atoms with Crippen molar-refractivity contribution in [2.75, 3.05) is 23.4 Å². The minimum Gasteiger partial charge on any atom is -0.494 e. The molecule has 1 fully saturated rings. The first-order chi connectivity index (χ1) is 18.4. The van der Waals surface area contributed by atoms with Crippen molar-refractivity contribution in [3.8, 4) is 11.5 Å². The second-order valence-electron chi connectivity index (χ2n) is 8.74. The van der Waals surface area contributed by atoms with Gasteiger partial charge in [-0.1, -0.05) is 25.1 Å². The average molecular weight is 536 g/mol. The van der Waals surface area contributed by atoms with E-state index in [4.69, 9.17) is 21.7 Å². The largest absolute Gasteiger partial charge is 0.494 e. The van der Waals surface area contributed by atoms with Gasteiger partial charge in [-0.05, 0) is 80.2 Å². The second-order valence-corrected chi connectivity index (χ2v) is 9.11. The number of hydrogen-bond donors (Lipinski definition) is 1. The molecule has 0 unspecified atom stereocenters. The van der Waals surface area contributed by atoms with Crippen molar-refractivity contribution in [1.82, 2.24) is 4.90 Å². The number of carbonyl (C=O) groups excluding carboxylic acids is 2. The van der Waals surface area contributed by atoms with E-state index in [0.29, 0.717) is 41.7 Å². The van der Waals surface area contributed by atoms with Gasteiger partial charge in [0.25, 0.3) is 5.91 Å². The second kappa shape index (κ2) is 12.5. The smallest absolute Gasteiger partial charge is 0.256 e. The lowest BCUT2D eigenvalue weighted by atomic mass is 10.1. The van der Waals surface area contributed by atoms with Gasteiger partial charge in [0.1, 0.15) is 23.4 Å². The van der Waals surface area contributed by atoms with Gasteiger partial charge in [0.15, 0.2) is 5.11 Å². The number of nitrogens with zero attached hydrogens (tertiary/aromatic N) is 2. The van der Waals surface area contributed by atoms with Crippen LogP contribution in [0.4, 0.5) is 15.8 Å². The molecule has 1 aliphatic heterocycles. The predicted molar refractivity (Wildman–Crippen MR) is 149 cm³/mol. The van der Waals surface area contributed by atoms with E-state index < -0.39 is 11.9 Å². The number of anilines is 2. The highest BCUT2D eigenvalue weighted by molar-refractivity contribution is 7.80. The van der Waals surface area contributed by atoms with Gasteiger partial charge in [0.05, 0.1) is 25.3 Å². The number of nitrogens with one attached hydrogen (secondary N) is 1. The first kappa shape index (κ1) is 27.1. The molecule has 0 aromatic heterocycles. The molecule has 2 amide bonds. The number of hydrogen-bond acceptors (Lipinski definition) is 5. The SMILES string of the molecule is CCCOc1ccc(NC(=O)C[C@@H]2C(=O)N(c3ccc(OCC)cc3)C(=S)N2Cc2ccccc2F)cc1. The summed E-state index contributed by atoms with van der Waals surface area (Å²) in [5, 5.41) is 3.04. The molecule has 1 heterocycles. The molecule has 1 atom stereocenters. The first-order valence-electron chi connectivity index (χ1n) is 12.5. The van der Waals surface area contributed by atoms with Crippen LogP contribution in [-0.2, 0) is 16.1 Å². The van der Waals surface area contributed by atoms with Gasteiger partial charge in [-0.15, -0.1) is 0 Å². The minimum atomic E-state index is -0.902. The highest BCUT2D eigenvalue weighted by Gasteiger charge is 2.44. The molecule has 3 aromatic carbocycles. The van der Waals surface area contributed by atoms with Gasteiger partial charge in [-0.3, -0.25) is 14.5 Å². The van der Waals surface area contributed by atoms with Gasteiger partial charge in [-0.2, -0.15) is 0 Å². The molecule has 4 rings (SSSR count). The quantitative estimate of drug-likeness (QED) is 0.325. The van der Waals surface area contributed by atoms with E-state index in [9.17, 15) is 14.0 Å². The lowest BCUT2D eigenvalue weighted by Gasteiger charge is -2.24. The zero-order valence-corrected chi connectivity index (χ0v) is 22.2. The Labute approximate surface area is 227 Å². The van der Waals surface area contributed by atoms with Crippen molar-refractivity contribution in [1.29, 1.82) is 0 Å². The van der Waals surface area contributed by atoms with E-state index >= 15 is 0 Å². The van der Waals surface area contributed by atoms with Crippen LogP contribution in [0.3, 0.4) is 0 Å². The van der Waals surface area contributed by atoms with E-state index in [-0.39, 0.29) is 29.9 Å². The molecule has 0 spiro atoms. The maximum atomic E-state index is 14.5. The number of halogens is 1. The van der Waals surface area contributed by atoms with Crippen LogP contribution in [0, 0.1) is 5.82 Å². The molecule has 1 saturated heterocycles. The molecule has 7 nitrogen and oxygen atoms in total. The predicted octanol–water partition coefficient (Wildman–Crippen LogP) is 5.54. The Bertz CT molecular complexity index is 1280. The van der Waals surface area contributed by atoms with Crippen LogP contribution in [0.2, 0.25) is 0 Å². The highest BCUT2D eigenvalue weighted by Crippen LogP contribution is 2.30. The Balaban J connectivity index is 1.55. The molecule has 9 heteroatoms. The third-order valence-corrected chi connectivity index (χ3v) is 6.43. The molecule has 0 saturated carbocycles.